The Labute approximate surface area is 133 Å². The smallest absolute Gasteiger partial charge is 0.255 e. The van der Waals surface area contributed by atoms with Crippen molar-refractivity contribution in [2.45, 2.75) is 53.2 Å². The number of hydrogen-bond donors (Lipinski definition) is 1. The highest BCUT2D eigenvalue weighted by atomic mass is 16.1. The van der Waals surface area contributed by atoms with Gasteiger partial charge in [0.15, 0.2) is 0 Å². The molecule has 0 aliphatic heterocycles. The standard InChI is InChI=1S/C19H26N2O/c1-13(2)20-12-17-10-11-18(21(14(3)4)19(17)22)16-8-6-15(5)7-9-16/h6-11,13-14,20H,12H2,1-5H3. The van der Waals surface area contributed by atoms with Crippen molar-refractivity contribution in [1.29, 1.82) is 0 Å². The second kappa shape index (κ2) is 6.93. The number of rotatable bonds is 5. The molecule has 0 saturated carbocycles. The summed E-state index contributed by atoms with van der Waals surface area (Å²) in [5, 5.41) is 3.32. The summed E-state index contributed by atoms with van der Waals surface area (Å²) in [6.45, 7) is 11.0. The van der Waals surface area contributed by atoms with Crippen LogP contribution in [0.5, 0.6) is 0 Å². The van der Waals surface area contributed by atoms with Crippen molar-refractivity contribution in [2.24, 2.45) is 0 Å². The fourth-order valence-electron chi connectivity index (χ4n) is 2.52. The molecule has 2 rings (SSSR count). The van der Waals surface area contributed by atoms with Crippen LogP contribution in [-0.4, -0.2) is 10.6 Å². The summed E-state index contributed by atoms with van der Waals surface area (Å²) in [6, 6.07) is 12.8. The summed E-state index contributed by atoms with van der Waals surface area (Å²) in [4.78, 5) is 12.8. The highest BCUT2D eigenvalue weighted by Gasteiger charge is 2.13. The van der Waals surface area contributed by atoms with Gasteiger partial charge in [-0.25, -0.2) is 0 Å². The van der Waals surface area contributed by atoms with E-state index in [2.05, 4.69) is 70.3 Å². The number of aromatic nitrogens is 1. The Kier molecular flexibility index (Phi) is 5.19. The van der Waals surface area contributed by atoms with Gasteiger partial charge in [0, 0.05) is 24.2 Å². The number of hydrogen-bond acceptors (Lipinski definition) is 2. The zero-order valence-electron chi connectivity index (χ0n) is 14.2. The zero-order chi connectivity index (χ0) is 16.3. The Morgan fingerprint density at radius 1 is 1.00 bits per heavy atom. The van der Waals surface area contributed by atoms with Crippen LogP contribution in [0.25, 0.3) is 11.3 Å². The molecule has 0 unspecified atom stereocenters. The number of pyridine rings is 1. The first-order valence-corrected chi connectivity index (χ1v) is 7.95. The third-order valence-corrected chi connectivity index (χ3v) is 3.76. The Morgan fingerprint density at radius 2 is 1.64 bits per heavy atom. The van der Waals surface area contributed by atoms with E-state index >= 15 is 0 Å². The molecule has 1 aromatic carbocycles. The quantitative estimate of drug-likeness (QED) is 0.908. The molecule has 3 nitrogen and oxygen atoms in total. The van der Waals surface area contributed by atoms with Crippen LogP contribution in [0.15, 0.2) is 41.2 Å². The molecule has 2 aromatic rings. The Balaban J connectivity index is 2.49. The number of benzene rings is 1. The summed E-state index contributed by atoms with van der Waals surface area (Å²) in [7, 11) is 0. The van der Waals surface area contributed by atoms with E-state index in [4.69, 9.17) is 0 Å². The van der Waals surface area contributed by atoms with E-state index in [9.17, 15) is 4.79 Å². The fourth-order valence-corrected chi connectivity index (χ4v) is 2.52. The van der Waals surface area contributed by atoms with E-state index in [1.165, 1.54) is 5.56 Å². The molecule has 0 fully saturated rings. The molecule has 0 aliphatic rings. The lowest BCUT2D eigenvalue weighted by Gasteiger charge is -2.19. The van der Waals surface area contributed by atoms with Crippen LogP contribution in [0.4, 0.5) is 0 Å². The molecule has 1 heterocycles. The molecule has 0 amide bonds. The maximum absolute atomic E-state index is 12.8. The molecule has 22 heavy (non-hydrogen) atoms. The summed E-state index contributed by atoms with van der Waals surface area (Å²) >= 11 is 0. The van der Waals surface area contributed by atoms with Crippen molar-refractivity contribution in [3.05, 3.63) is 57.9 Å². The van der Waals surface area contributed by atoms with E-state index in [1.807, 2.05) is 10.6 Å². The molecule has 118 valence electrons. The van der Waals surface area contributed by atoms with Crippen LogP contribution in [0.1, 0.15) is 44.9 Å². The summed E-state index contributed by atoms with van der Waals surface area (Å²) in [5.41, 5.74) is 4.20. The average molecular weight is 298 g/mol. The SMILES string of the molecule is Cc1ccc(-c2ccc(CNC(C)C)c(=O)n2C(C)C)cc1. The minimum absolute atomic E-state index is 0.0984. The maximum atomic E-state index is 12.8. The first-order chi connectivity index (χ1) is 10.4. The van der Waals surface area contributed by atoms with Crippen LogP contribution >= 0.6 is 0 Å². The van der Waals surface area contributed by atoms with Gasteiger partial charge in [0.1, 0.15) is 0 Å². The van der Waals surface area contributed by atoms with Crippen molar-refractivity contribution in [3.8, 4) is 11.3 Å². The molecular weight excluding hydrogens is 272 g/mol. The van der Waals surface area contributed by atoms with Crippen LogP contribution in [0.3, 0.4) is 0 Å². The van der Waals surface area contributed by atoms with Crippen LogP contribution in [0, 0.1) is 6.92 Å². The normalized spacial score (nSPS) is 11.4. The predicted molar refractivity (Wildman–Crippen MR) is 93.2 cm³/mol. The van der Waals surface area contributed by atoms with E-state index in [0.717, 1.165) is 16.8 Å². The van der Waals surface area contributed by atoms with E-state index in [-0.39, 0.29) is 11.6 Å². The van der Waals surface area contributed by atoms with E-state index < -0.39 is 0 Å². The second-order valence-corrected chi connectivity index (χ2v) is 6.41. The van der Waals surface area contributed by atoms with Crippen molar-refractivity contribution in [1.82, 2.24) is 9.88 Å². The van der Waals surface area contributed by atoms with Gasteiger partial charge in [0.25, 0.3) is 5.56 Å². The first kappa shape index (κ1) is 16.5. The Hall–Kier alpha value is -1.87. The molecule has 0 saturated heterocycles. The van der Waals surface area contributed by atoms with Gasteiger partial charge in [-0.2, -0.15) is 0 Å². The molecule has 0 radical (unpaired) electrons. The first-order valence-electron chi connectivity index (χ1n) is 7.95. The third-order valence-electron chi connectivity index (χ3n) is 3.76. The van der Waals surface area contributed by atoms with Crippen molar-refractivity contribution < 1.29 is 0 Å². The highest BCUT2D eigenvalue weighted by Crippen LogP contribution is 2.22. The molecule has 1 N–H and O–H groups in total. The van der Waals surface area contributed by atoms with Gasteiger partial charge in [-0.1, -0.05) is 49.7 Å². The second-order valence-electron chi connectivity index (χ2n) is 6.41. The molecule has 1 aromatic heterocycles. The lowest BCUT2D eigenvalue weighted by atomic mass is 10.1. The third kappa shape index (κ3) is 3.66. The van der Waals surface area contributed by atoms with Gasteiger partial charge in [0.2, 0.25) is 0 Å². The Morgan fingerprint density at radius 3 is 2.18 bits per heavy atom. The van der Waals surface area contributed by atoms with Crippen LogP contribution in [0.2, 0.25) is 0 Å². The minimum Gasteiger partial charge on any atom is -0.310 e. The largest absolute Gasteiger partial charge is 0.310 e. The molecule has 0 bridgehead atoms. The van der Waals surface area contributed by atoms with Crippen molar-refractivity contribution >= 4 is 0 Å². The molecule has 0 atom stereocenters. The lowest BCUT2D eigenvalue weighted by Crippen LogP contribution is -2.31. The van der Waals surface area contributed by atoms with Crippen LogP contribution in [-0.2, 0) is 6.54 Å². The number of aryl methyl sites for hydroxylation is 1. The maximum Gasteiger partial charge on any atom is 0.255 e. The molecule has 0 aliphatic carbocycles. The van der Waals surface area contributed by atoms with Crippen molar-refractivity contribution in [2.75, 3.05) is 0 Å². The van der Waals surface area contributed by atoms with E-state index in [1.54, 1.807) is 0 Å². The summed E-state index contributed by atoms with van der Waals surface area (Å²) in [6.07, 6.45) is 0. The van der Waals surface area contributed by atoms with Gasteiger partial charge >= 0.3 is 0 Å². The zero-order valence-corrected chi connectivity index (χ0v) is 14.2. The van der Waals surface area contributed by atoms with Gasteiger partial charge in [-0.3, -0.25) is 4.79 Å². The van der Waals surface area contributed by atoms with Crippen molar-refractivity contribution in [3.63, 3.8) is 0 Å². The van der Waals surface area contributed by atoms with E-state index in [0.29, 0.717) is 12.6 Å². The van der Waals surface area contributed by atoms with Gasteiger partial charge in [-0.05, 0) is 32.4 Å². The van der Waals surface area contributed by atoms with Crippen LogP contribution < -0.4 is 10.9 Å². The summed E-state index contributed by atoms with van der Waals surface area (Å²) in [5.74, 6) is 0. The summed E-state index contributed by atoms with van der Waals surface area (Å²) < 4.78 is 1.89. The molecule has 0 spiro atoms. The monoisotopic (exact) mass is 298 g/mol. The highest BCUT2D eigenvalue weighted by molar-refractivity contribution is 5.60. The lowest BCUT2D eigenvalue weighted by molar-refractivity contribution is 0.556. The van der Waals surface area contributed by atoms with Gasteiger partial charge in [-0.15, -0.1) is 0 Å². The average Bonchev–Trinajstić information content (AvgIpc) is 2.46. The predicted octanol–water partition coefficient (Wildman–Crippen LogP) is 3.90. The minimum atomic E-state index is 0.0984. The topological polar surface area (TPSA) is 34.0 Å². The number of nitrogens with one attached hydrogen (secondary N) is 1. The van der Waals surface area contributed by atoms with Gasteiger partial charge in [0.05, 0.1) is 5.69 Å². The van der Waals surface area contributed by atoms with Gasteiger partial charge < -0.3 is 9.88 Å². The molecular formula is C19H26N2O. The Bertz CT molecular complexity index is 682. The number of nitrogens with zero attached hydrogens (tertiary/aromatic N) is 1. The fraction of sp³-hybridized carbons (Fsp3) is 0.421. The molecule has 3 heteroatoms.